The van der Waals surface area contributed by atoms with Gasteiger partial charge in [-0.1, -0.05) is 50.6 Å². The van der Waals surface area contributed by atoms with E-state index in [0.717, 1.165) is 16.6 Å². The first kappa shape index (κ1) is 15.1. The molecule has 0 bridgehead atoms. The van der Waals surface area contributed by atoms with Gasteiger partial charge in [-0.15, -0.1) is 0 Å². The molecule has 0 aliphatic heterocycles. The number of H-pyrrole nitrogens is 1. The van der Waals surface area contributed by atoms with Crippen LogP contribution in [0, 0.1) is 5.92 Å². The van der Waals surface area contributed by atoms with Crippen molar-refractivity contribution < 1.29 is 0 Å². The predicted molar refractivity (Wildman–Crippen MR) is 84.0 cm³/mol. The van der Waals surface area contributed by atoms with Crippen molar-refractivity contribution in [1.29, 1.82) is 0 Å². The van der Waals surface area contributed by atoms with E-state index in [-0.39, 0.29) is 17.6 Å². The molecule has 5 nitrogen and oxygen atoms in total. The van der Waals surface area contributed by atoms with Crippen molar-refractivity contribution in [3.8, 4) is 5.69 Å². The van der Waals surface area contributed by atoms with Gasteiger partial charge >= 0.3 is 11.4 Å². The zero-order chi connectivity index (χ0) is 15.6. The van der Waals surface area contributed by atoms with E-state index in [4.69, 9.17) is 0 Å². The van der Waals surface area contributed by atoms with Crippen LogP contribution in [0.1, 0.15) is 33.2 Å². The summed E-state index contributed by atoms with van der Waals surface area (Å²) in [5, 5.41) is 2.66. The number of hydrogen-bond acceptors (Lipinski definition) is 2. The number of nitrogens with zero attached hydrogens (tertiary/aromatic N) is 2. The van der Waals surface area contributed by atoms with Crippen molar-refractivity contribution in [2.24, 2.45) is 5.92 Å². The second-order valence-corrected chi connectivity index (χ2v) is 5.42. The SMILES string of the molecule is C=C(C)[C@@H]([C@H](C)CC)n1[nH]c(=O)n(-c2ccccc2)c1=O. The Labute approximate surface area is 123 Å². The molecule has 0 unspecified atom stereocenters. The molecule has 21 heavy (non-hydrogen) atoms. The molecule has 1 aromatic carbocycles. The van der Waals surface area contributed by atoms with Crippen molar-refractivity contribution in [2.75, 3.05) is 0 Å². The lowest BCUT2D eigenvalue weighted by Crippen LogP contribution is -2.32. The normalized spacial score (nSPS) is 13.9. The Balaban J connectivity index is 2.61. The fourth-order valence-electron chi connectivity index (χ4n) is 2.57. The van der Waals surface area contributed by atoms with Crippen LogP contribution >= 0.6 is 0 Å². The van der Waals surface area contributed by atoms with Crippen molar-refractivity contribution in [1.82, 2.24) is 14.3 Å². The van der Waals surface area contributed by atoms with Gasteiger partial charge in [-0.25, -0.2) is 23.9 Å². The van der Waals surface area contributed by atoms with Gasteiger partial charge in [-0.2, -0.15) is 0 Å². The van der Waals surface area contributed by atoms with Gasteiger partial charge in [0.25, 0.3) is 0 Å². The van der Waals surface area contributed by atoms with E-state index in [9.17, 15) is 9.59 Å². The summed E-state index contributed by atoms with van der Waals surface area (Å²) in [7, 11) is 0. The van der Waals surface area contributed by atoms with Crippen LogP contribution in [-0.4, -0.2) is 14.3 Å². The van der Waals surface area contributed by atoms with Crippen LogP contribution in [0.15, 0.2) is 52.1 Å². The zero-order valence-corrected chi connectivity index (χ0v) is 12.7. The standard InChI is InChI=1S/C16H21N3O2/c1-5-12(4)14(11(2)3)19-16(21)18(15(20)17-19)13-9-7-6-8-10-13/h6-10,12,14H,2,5H2,1,3-4H3,(H,17,20)/t12-,14+/m1/s1. The molecule has 1 heterocycles. The first-order valence-corrected chi connectivity index (χ1v) is 7.11. The second kappa shape index (κ2) is 5.99. The van der Waals surface area contributed by atoms with E-state index in [0.29, 0.717) is 5.69 Å². The maximum Gasteiger partial charge on any atom is 0.352 e. The average Bonchev–Trinajstić information content (AvgIpc) is 2.74. The number of para-hydroxylation sites is 1. The third-order valence-electron chi connectivity index (χ3n) is 3.80. The highest BCUT2D eigenvalue weighted by molar-refractivity contribution is 5.30. The Kier molecular flexibility index (Phi) is 4.31. The third kappa shape index (κ3) is 2.77. The van der Waals surface area contributed by atoms with Gasteiger partial charge in [0.05, 0.1) is 11.7 Å². The van der Waals surface area contributed by atoms with Crippen LogP contribution in [0.4, 0.5) is 0 Å². The number of nitrogens with one attached hydrogen (secondary N) is 1. The molecule has 0 saturated carbocycles. The van der Waals surface area contributed by atoms with E-state index in [1.165, 1.54) is 4.68 Å². The second-order valence-electron chi connectivity index (χ2n) is 5.42. The largest absolute Gasteiger partial charge is 0.352 e. The number of hydrogen-bond donors (Lipinski definition) is 1. The fourth-order valence-corrected chi connectivity index (χ4v) is 2.57. The molecule has 0 saturated heterocycles. The summed E-state index contributed by atoms with van der Waals surface area (Å²) in [5.41, 5.74) is 0.625. The summed E-state index contributed by atoms with van der Waals surface area (Å²) in [5.74, 6) is 0.211. The first-order chi connectivity index (χ1) is 9.97. The van der Waals surface area contributed by atoms with Crippen LogP contribution in [0.5, 0.6) is 0 Å². The Hall–Kier alpha value is -2.30. The molecule has 1 N–H and O–H groups in total. The Morgan fingerprint density at radius 1 is 1.29 bits per heavy atom. The Morgan fingerprint density at radius 3 is 2.43 bits per heavy atom. The molecule has 1 aromatic heterocycles. The van der Waals surface area contributed by atoms with Crippen molar-refractivity contribution >= 4 is 0 Å². The monoisotopic (exact) mass is 287 g/mol. The molecular weight excluding hydrogens is 266 g/mol. The highest BCUT2D eigenvalue weighted by Crippen LogP contribution is 2.25. The van der Waals surface area contributed by atoms with E-state index in [2.05, 4.69) is 18.6 Å². The highest BCUT2D eigenvalue weighted by atomic mass is 16.2. The molecule has 2 aromatic rings. The minimum Gasteiger partial charge on any atom is -0.246 e. The summed E-state index contributed by atoms with van der Waals surface area (Å²) in [6, 6.07) is 8.70. The van der Waals surface area contributed by atoms with Gasteiger partial charge in [-0.05, 0) is 25.0 Å². The number of rotatable bonds is 5. The number of aromatic nitrogens is 3. The quantitative estimate of drug-likeness (QED) is 0.859. The molecule has 0 aliphatic rings. The van der Waals surface area contributed by atoms with Gasteiger partial charge < -0.3 is 0 Å². The molecule has 112 valence electrons. The van der Waals surface area contributed by atoms with Crippen molar-refractivity contribution in [2.45, 2.75) is 33.2 Å². The number of allylic oxidation sites excluding steroid dienone is 1. The zero-order valence-electron chi connectivity index (χ0n) is 12.7. The van der Waals surface area contributed by atoms with Gasteiger partial charge in [0.1, 0.15) is 0 Å². The maximum atomic E-state index is 12.6. The van der Waals surface area contributed by atoms with Crippen LogP contribution in [-0.2, 0) is 0 Å². The molecule has 0 radical (unpaired) electrons. The average molecular weight is 287 g/mol. The molecule has 2 atom stereocenters. The van der Waals surface area contributed by atoms with Gasteiger partial charge in [0, 0.05) is 0 Å². The van der Waals surface area contributed by atoms with Gasteiger partial charge in [-0.3, -0.25) is 0 Å². The van der Waals surface area contributed by atoms with Gasteiger partial charge in [0.2, 0.25) is 0 Å². The van der Waals surface area contributed by atoms with Crippen LogP contribution in [0.2, 0.25) is 0 Å². The highest BCUT2D eigenvalue weighted by Gasteiger charge is 2.23. The summed E-state index contributed by atoms with van der Waals surface area (Å²) in [6.45, 7) is 9.94. The molecule has 0 aliphatic carbocycles. The minimum absolute atomic E-state index is 0.208. The summed E-state index contributed by atoms with van der Waals surface area (Å²) >= 11 is 0. The predicted octanol–water partition coefficient (Wildman–Crippen LogP) is 2.49. The molecule has 0 amide bonds. The van der Waals surface area contributed by atoms with E-state index >= 15 is 0 Å². The van der Waals surface area contributed by atoms with Gasteiger partial charge in [0.15, 0.2) is 0 Å². The molecule has 2 rings (SSSR count). The Morgan fingerprint density at radius 2 is 1.90 bits per heavy atom. The van der Waals surface area contributed by atoms with E-state index in [1.807, 2.05) is 19.9 Å². The Bertz CT molecular complexity index is 737. The molecule has 0 spiro atoms. The third-order valence-corrected chi connectivity index (χ3v) is 3.80. The van der Waals surface area contributed by atoms with Crippen molar-refractivity contribution in [3.05, 3.63) is 63.5 Å². The first-order valence-electron chi connectivity index (χ1n) is 7.11. The lowest BCUT2D eigenvalue weighted by molar-refractivity contribution is 0.352. The minimum atomic E-state index is -0.430. The molecule has 0 fully saturated rings. The number of aromatic amines is 1. The van der Waals surface area contributed by atoms with Crippen LogP contribution < -0.4 is 11.4 Å². The van der Waals surface area contributed by atoms with Crippen molar-refractivity contribution in [3.63, 3.8) is 0 Å². The summed E-state index contributed by atoms with van der Waals surface area (Å²) < 4.78 is 2.55. The lowest BCUT2D eigenvalue weighted by atomic mass is 9.94. The summed E-state index contributed by atoms with van der Waals surface area (Å²) in [6.07, 6.45) is 0.891. The molecule has 5 heteroatoms. The fraction of sp³-hybridized carbons (Fsp3) is 0.375. The lowest BCUT2D eigenvalue weighted by Gasteiger charge is -2.23. The van der Waals surface area contributed by atoms with Crippen LogP contribution in [0.3, 0.4) is 0 Å². The smallest absolute Gasteiger partial charge is 0.246 e. The van der Waals surface area contributed by atoms with E-state index in [1.54, 1.807) is 24.3 Å². The molecular formula is C16H21N3O2. The number of benzene rings is 1. The topological polar surface area (TPSA) is 59.8 Å². The summed E-state index contributed by atoms with van der Waals surface area (Å²) in [4.78, 5) is 24.8. The maximum absolute atomic E-state index is 12.6. The van der Waals surface area contributed by atoms with Crippen LogP contribution in [0.25, 0.3) is 5.69 Å². The van der Waals surface area contributed by atoms with E-state index < -0.39 is 5.69 Å².